The number of hydrogen-bond donors (Lipinski definition) is 1. The van der Waals surface area contributed by atoms with E-state index in [4.69, 9.17) is 0 Å². The van der Waals surface area contributed by atoms with Gasteiger partial charge in [-0.25, -0.2) is 0 Å². The third kappa shape index (κ3) is 3.04. The Hall–Kier alpha value is -4.30. The zero-order valence-corrected chi connectivity index (χ0v) is 20.8. The fourth-order valence-corrected chi connectivity index (χ4v) is 5.99. The van der Waals surface area contributed by atoms with E-state index in [1.165, 1.54) is 49.8 Å². The first-order chi connectivity index (χ1) is 17.5. The molecule has 0 amide bonds. The summed E-state index contributed by atoms with van der Waals surface area (Å²) in [7, 11) is 0. The second-order valence-electron chi connectivity index (χ2n) is 10.5. The normalized spacial score (nSPS) is 13.6. The highest BCUT2D eigenvalue weighted by Crippen LogP contribution is 2.50. The lowest BCUT2D eigenvalue weighted by Crippen LogP contribution is -2.16. The van der Waals surface area contributed by atoms with Gasteiger partial charge in [0.05, 0.1) is 0 Å². The standard InChI is InChI=1S/C34H28N2/c1-22-13-17-32-28(19-22)29-20-24(15-18-33(29)35-32)36(23-9-5-4-6-10-23)25-14-16-27-26-11-7-8-12-30(26)34(2,3)31(27)21-25/h4-21,35H,1-3H3. The summed E-state index contributed by atoms with van der Waals surface area (Å²) in [6, 6.07) is 39.9. The van der Waals surface area contributed by atoms with Crippen molar-refractivity contribution in [1.29, 1.82) is 0 Å². The van der Waals surface area contributed by atoms with Crippen molar-refractivity contribution in [3.05, 3.63) is 126 Å². The third-order valence-electron chi connectivity index (χ3n) is 7.84. The predicted molar refractivity (Wildman–Crippen MR) is 153 cm³/mol. The highest BCUT2D eigenvalue weighted by atomic mass is 15.1. The van der Waals surface area contributed by atoms with Gasteiger partial charge in [-0.3, -0.25) is 0 Å². The monoisotopic (exact) mass is 464 g/mol. The zero-order valence-electron chi connectivity index (χ0n) is 20.8. The number of anilines is 3. The Morgan fingerprint density at radius 3 is 2.03 bits per heavy atom. The Kier molecular flexibility index (Phi) is 4.44. The van der Waals surface area contributed by atoms with Gasteiger partial charge >= 0.3 is 0 Å². The average molecular weight is 465 g/mol. The van der Waals surface area contributed by atoms with Crippen LogP contribution in [0.15, 0.2) is 109 Å². The lowest BCUT2D eigenvalue weighted by molar-refractivity contribution is 0.660. The second kappa shape index (κ2) is 7.60. The van der Waals surface area contributed by atoms with Crippen LogP contribution in [0.4, 0.5) is 17.1 Å². The molecule has 0 saturated carbocycles. The van der Waals surface area contributed by atoms with Crippen LogP contribution in [0.3, 0.4) is 0 Å². The molecule has 174 valence electrons. The van der Waals surface area contributed by atoms with Crippen molar-refractivity contribution in [3.63, 3.8) is 0 Å². The molecule has 0 fully saturated rings. The van der Waals surface area contributed by atoms with Crippen LogP contribution in [-0.2, 0) is 5.41 Å². The molecule has 1 aliphatic rings. The largest absolute Gasteiger partial charge is 0.355 e. The second-order valence-corrected chi connectivity index (χ2v) is 10.5. The van der Waals surface area contributed by atoms with Gasteiger partial charge in [0, 0.05) is 44.3 Å². The molecular weight excluding hydrogens is 436 g/mol. The first-order valence-electron chi connectivity index (χ1n) is 12.6. The molecule has 0 bridgehead atoms. The molecule has 0 spiro atoms. The van der Waals surface area contributed by atoms with Crippen molar-refractivity contribution in [2.24, 2.45) is 0 Å². The van der Waals surface area contributed by atoms with E-state index in [-0.39, 0.29) is 5.41 Å². The van der Waals surface area contributed by atoms with Crippen LogP contribution in [0.2, 0.25) is 0 Å². The number of H-pyrrole nitrogens is 1. The fourth-order valence-electron chi connectivity index (χ4n) is 5.99. The van der Waals surface area contributed by atoms with E-state index in [1.54, 1.807) is 0 Å². The molecule has 0 atom stereocenters. The van der Waals surface area contributed by atoms with Crippen LogP contribution in [0.5, 0.6) is 0 Å². The van der Waals surface area contributed by atoms with Crippen LogP contribution in [-0.4, -0.2) is 4.98 Å². The SMILES string of the molecule is Cc1ccc2[nH]c3ccc(N(c4ccccc4)c4ccc5c(c4)C(C)(C)c4ccccc4-5)cc3c2c1. The molecule has 1 aliphatic carbocycles. The molecule has 0 unspecified atom stereocenters. The highest BCUT2D eigenvalue weighted by molar-refractivity contribution is 6.09. The lowest BCUT2D eigenvalue weighted by Gasteiger charge is -2.28. The van der Waals surface area contributed by atoms with E-state index < -0.39 is 0 Å². The lowest BCUT2D eigenvalue weighted by atomic mass is 9.82. The van der Waals surface area contributed by atoms with Gasteiger partial charge in [0.25, 0.3) is 0 Å². The third-order valence-corrected chi connectivity index (χ3v) is 7.84. The number of aromatic nitrogens is 1. The van der Waals surface area contributed by atoms with Crippen LogP contribution < -0.4 is 4.90 Å². The maximum Gasteiger partial charge on any atom is 0.0469 e. The zero-order chi connectivity index (χ0) is 24.4. The van der Waals surface area contributed by atoms with Gasteiger partial charge in [-0.05, 0) is 83.8 Å². The number of hydrogen-bond acceptors (Lipinski definition) is 1. The molecule has 1 heterocycles. The summed E-state index contributed by atoms with van der Waals surface area (Å²) < 4.78 is 0. The maximum absolute atomic E-state index is 3.59. The summed E-state index contributed by atoms with van der Waals surface area (Å²) in [5.41, 5.74) is 12.5. The molecule has 0 radical (unpaired) electrons. The minimum absolute atomic E-state index is 0.0391. The minimum atomic E-state index is -0.0391. The Bertz CT molecular complexity index is 1770. The number of aromatic amines is 1. The summed E-state index contributed by atoms with van der Waals surface area (Å²) in [5, 5.41) is 2.52. The van der Waals surface area contributed by atoms with Gasteiger partial charge in [0.2, 0.25) is 0 Å². The predicted octanol–water partition coefficient (Wildman–Crippen LogP) is 9.41. The molecule has 1 aromatic heterocycles. The van der Waals surface area contributed by atoms with E-state index in [2.05, 4.69) is 140 Å². The quantitative estimate of drug-likeness (QED) is 0.276. The van der Waals surface area contributed by atoms with Gasteiger partial charge in [-0.1, -0.05) is 74.0 Å². The Morgan fingerprint density at radius 2 is 1.19 bits per heavy atom. The Balaban J connectivity index is 1.44. The van der Waals surface area contributed by atoms with Gasteiger partial charge in [-0.2, -0.15) is 0 Å². The van der Waals surface area contributed by atoms with Crippen molar-refractivity contribution in [2.75, 3.05) is 4.90 Å². The first-order valence-corrected chi connectivity index (χ1v) is 12.6. The molecule has 0 saturated heterocycles. The molecule has 2 heteroatoms. The van der Waals surface area contributed by atoms with Crippen molar-refractivity contribution < 1.29 is 0 Å². The summed E-state index contributed by atoms with van der Waals surface area (Å²) >= 11 is 0. The molecule has 36 heavy (non-hydrogen) atoms. The summed E-state index contributed by atoms with van der Waals surface area (Å²) in [4.78, 5) is 5.97. The number of nitrogens with one attached hydrogen (secondary N) is 1. The van der Waals surface area contributed by atoms with Crippen LogP contribution >= 0.6 is 0 Å². The molecule has 1 N–H and O–H groups in total. The van der Waals surface area contributed by atoms with Gasteiger partial charge in [0.1, 0.15) is 0 Å². The molecule has 6 aromatic rings. The van der Waals surface area contributed by atoms with Crippen molar-refractivity contribution >= 4 is 38.9 Å². The van der Waals surface area contributed by atoms with E-state index in [9.17, 15) is 0 Å². The molecule has 7 rings (SSSR count). The molecule has 5 aromatic carbocycles. The number of aryl methyl sites for hydroxylation is 1. The number of benzene rings is 5. The van der Waals surface area contributed by atoms with Crippen LogP contribution in [0.25, 0.3) is 32.9 Å². The van der Waals surface area contributed by atoms with Crippen molar-refractivity contribution in [2.45, 2.75) is 26.2 Å². The summed E-state index contributed by atoms with van der Waals surface area (Å²) in [6.45, 7) is 6.84. The van der Waals surface area contributed by atoms with E-state index >= 15 is 0 Å². The maximum atomic E-state index is 3.59. The number of rotatable bonds is 3. The Labute approximate surface area is 211 Å². The number of fused-ring (bicyclic) bond motifs is 6. The molecular formula is C34H28N2. The summed E-state index contributed by atoms with van der Waals surface area (Å²) in [5.74, 6) is 0. The topological polar surface area (TPSA) is 19.0 Å². The van der Waals surface area contributed by atoms with Crippen molar-refractivity contribution in [1.82, 2.24) is 4.98 Å². The van der Waals surface area contributed by atoms with Gasteiger partial charge in [0.15, 0.2) is 0 Å². The van der Waals surface area contributed by atoms with Crippen LogP contribution in [0, 0.1) is 6.92 Å². The van der Waals surface area contributed by atoms with Gasteiger partial charge < -0.3 is 9.88 Å². The molecule has 0 aliphatic heterocycles. The Morgan fingerprint density at radius 1 is 0.556 bits per heavy atom. The van der Waals surface area contributed by atoms with Crippen molar-refractivity contribution in [3.8, 4) is 11.1 Å². The first kappa shape index (κ1) is 21.0. The van der Waals surface area contributed by atoms with E-state index in [1.807, 2.05) is 0 Å². The minimum Gasteiger partial charge on any atom is -0.355 e. The van der Waals surface area contributed by atoms with E-state index in [0.717, 1.165) is 16.9 Å². The fraction of sp³-hybridized carbons (Fsp3) is 0.118. The molecule has 2 nitrogen and oxygen atoms in total. The van der Waals surface area contributed by atoms with E-state index in [0.29, 0.717) is 0 Å². The summed E-state index contributed by atoms with van der Waals surface area (Å²) in [6.07, 6.45) is 0. The highest BCUT2D eigenvalue weighted by Gasteiger charge is 2.35. The average Bonchev–Trinajstić information content (AvgIpc) is 3.37. The number of nitrogens with zero attached hydrogens (tertiary/aromatic N) is 1. The number of para-hydroxylation sites is 1. The smallest absolute Gasteiger partial charge is 0.0469 e. The van der Waals surface area contributed by atoms with Crippen LogP contribution in [0.1, 0.15) is 30.5 Å². The van der Waals surface area contributed by atoms with Gasteiger partial charge in [-0.15, -0.1) is 0 Å².